The molecule has 0 aliphatic heterocycles. The lowest BCUT2D eigenvalue weighted by atomic mass is 9.95. The van der Waals surface area contributed by atoms with Crippen LogP contribution in [0.4, 0.5) is 0 Å². The van der Waals surface area contributed by atoms with Crippen molar-refractivity contribution in [3.8, 4) is 90.1 Å². The van der Waals surface area contributed by atoms with Crippen molar-refractivity contribution in [1.82, 2.24) is 19.9 Å². The predicted octanol–water partition coefficient (Wildman–Crippen LogP) is 12.6. The van der Waals surface area contributed by atoms with E-state index in [1.807, 2.05) is 72.8 Å². The smallest absolute Gasteiger partial charge is 0.164 e. The molecule has 0 spiro atoms. The van der Waals surface area contributed by atoms with Crippen molar-refractivity contribution in [2.45, 2.75) is 0 Å². The Kier molecular flexibility index (Phi) is 8.90. The van der Waals surface area contributed by atoms with Crippen LogP contribution in [0.2, 0.25) is 0 Å². The molecule has 0 aliphatic rings. The van der Waals surface area contributed by atoms with E-state index in [0.29, 0.717) is 17.5 Å². The molecule has 0 aliphatic carbocycles. The summed E-state index contributed by atoms with van der Waals surface area (Å²) < 4.78 is 0. The van der Waals surface area contributed by atoms with Gasteiger partial charge in [-0.25, -0.2) is 19.9 Å². The normalized spacial score (nSPS) is 11.0. The monoisotopic (exact) mass is 690 g/mol. The molecule has 9 aromatic rings. The average Bonchev–Trinajstić information content (AvgIpc) is 3.27. The van der Waals surface area contributed by atoms with Gasteiger partial charge in [0.15, 0.2) is 17.5 Å². The maximum Gasteiger partial charge on any atom is 0.164 e. The fourth-order valence-corrected chi connectivity index (χ4v) is 6.72. The summed E-state index contributed by atoms with van der Waals surface area (Å²) >= 11 is 0. The Morgan fingerprint density at radius 1 is 0.185 bits per heavy atom. The Labute approximate surface area is 315 Å². The van der Waals surface area contributed by atoms with Crippen molar-refractivity contribution >= 4 is 0 Å². The number of rotatable bonds is 8. The predicted molar refractivity (Wildman–Crippen MR) is 221 cm³/mol. The van der Waals surface area contributed by atoms with Crippen molar-refractivity contribution < 1.29 is 0 Å². The van der Waals surface area contributed by atoms with Crippen LogP contribution in [-0.2, 0) is 0 Å². The van der Waals surface area contributed by atoms with Gasteiger partial charge in [-0.05, 0) is 57.6 Å². The fourth-order valence-electron chi connectivity index (χ4n) is 6.72. The van der Waals surface area contributed by atoms with E-state index in [2.05, 4.69) is 133 Å². The van der Waals surface area contributed by atoms with Crippen LogP contribution in [0.15, 0.2) is 206 Å². The second-order valence-corrected chi connectivity index (χ2v) is 13.1. The number of hydrogen-bond acceptors (Lipinski definition) is 4. The van der Waals surface area contributed by atoms with Crippen LogP contribution in [0.5, 0.6) is 0 Å². The topological polar surface area (TPSA) is 51.6 Å². The zero-order chi connectivity index (χ0) is 36.1. The van der Waals surface area contributed by atoms with Crippen molar-refractivity contribution in [1.29, 1.82) is 0 Å². The Hall–Kier alpha value is -7.30. The molecule has 0 unspecified atom stereocenters. The number of aromatic nitrogens is 4. The van der Waals surface area contributed by atoms with Gasteiger partial charge in [-0.3, -0.25) is 0 Å². The Bertz CT molecular complexity index is 2620. The Balaban J connectivity index is 1.10. The molecular formula is C50H34N4. The molecule has 0 fully saturated rings. The van der Waals surface area contributed by atoms with Gasteiger partial charge >= 0.3 is 0 Å². The second-order valence-electron chi connectivity index (χ2n) is 13.1. The zero-order valence-electron chi connectivity index (χ0n) is 29.4. The summed E-state index contributed by atoms with van der Waals surface area (Å²) in [5.74, 6) is 1.92. The zero-order valence-corrected chi connectivity index (χ0v) is 29.4. The molecule has 9 rings (SSSR count). The standard InChI is InChI=1S/C50H34N4/c1-5-15-35(16-6-1)36-27-29-38(30-28-36)47-34-45(33-46(51-47)37-17-7-2-8-18-37)43-25-13-23-41(31-43)42-24-14-26-44(32-42)50-53-48(39-19-9-3-10-20-39)52-49(54-50)40-21-11-4-12-22-40/h1-34H. The van der Waals surface area contributed by atoms with Gasteiger partial charge in [0.25, 0.3) is 0 Å². The highest BCUT2D eigenvalue weighted by Crippen LogP contribution is 2.34. The van der Waals surface area contributed by atoms with Crippen molar-refractivity contribution in [3.05, 3.63) is 206 Å². The lowest BCUT2D eigenvalue weighted by molar-refractivity contribution is 1.07. The van der Waals surface area contributed by atoms with Gasteiger partial charge in [0.1, 0.15) is 0 Å². The van der Waals surface area contributed by atoms with Gasteiger partial charge in [-0.2, -0.15) is 0 Å². The quantitative estimate of drug-likeness (QED) is 0.159. The molecule has 0 bridgehead atoms. The molecule has 254 valence electrons. The SMILES string of the molecule is c1ccc(-c2ccc(-c3cc(-c4cccc(-c5cccc(-c6nc(-c7ccccc7)nc(-c7ccccc7)n6)c5)c4)cc(-c4ccccc4)n3)cc2)cc1. The molecule has 4 heteroatoms. The molecule has 0 atom stereocenters. The summed E-state index contributed by atoms with van der Waals surface area (Å²) in [4.78, 5) is 20.0. The Morgan fingerprint density at radius 2 is 0.500 bits per heavy atom. The first-order valence-corrected chi connectivity index (χ1v) is 18.1. The fraction of sp³-hybridized carbons (Fsp3) is 0. The summed E-state index contributed by atoms with van der Waals surface area (Å²) in [6.07, 6.45) is 0. The Morgan fingerprint density at radius 3 is 1.00 bits per heavy atom. The van der Waals surface area contributed by atoms with Crippen LogP contribution in [0.1, 0.15) is 0 Å². The van der Waals surface area contributed by atoms with Crippen LogP contribution in [0, 0.1) is 0 Å². The molecule has 2 heterocycles. The van der Waals surface area contributed by atoms with Gasteiger partial charge in [0.2, 0.25) is 0 Å². The van der Waals surface area contributed by atoms with E-state index in [9.17, 15) is 0 Å². The van der Waals surface area contributed by atoms with Gasteiger partial charge in [0, 0.05) is 27.8 Å². The highest BCUT2D eigenvalue weighted by atomic mass is 15.0. The van der Waals surface area contributed by atoms with E-state index in [4.69, 9.17) is 19.9 Å². The molecule has 0 radical (unpaired) electrons. The van der Waals surface area contributed by atoms with Gasteiger partial charge in [0.05, 0.1) is 11.4 Å². The third kappa shape index (κ3) is 6.97. The number of hydrogen-bond donors (Lipinski definition) is 0. The first kappa shape index (κ1) is 32.6. The van der Waals surface area contributed by atoms with E-state index in [-0.39, 0.29) is 0 Å². The summed E-state index contributed by atoms with van der Waals surface area (Å²) in [6.45, 7) is 0. The van der Waals surface area contributed by atoms with E-state index in [1.54, 1.807) is 0 Å². The molecule has 0 saturated carbocycles. The third-order valence-corrected chi connectivity index (χ3v) is 9.53. The van der Waals surface area contributed by atoms with Crippen LogP contribution in [-0.4, -0.2) is 19.9 Å². The minimum Gasteiger partial charge on any atom is -0.248 e. The molecule has 2 aromatic heterocycles. The number of benzene rings is 7. The molecule has 0 N–H and O–H groups in total. The van der Waals surface area contributed by atoms with Crippen LogP contribution in [0.3, 0.4) is 0 Å². The molecule has 54 heavy (non-hydrogen) atoms. The minimum absolute atomic E-state index is 0.630. The third-order valence-electron chi connectivity index (χ3n) is 9.53. The summed E-state index contributed by atoms with van der Waals surface area (Å²) in [5, 5.41) is 0. The van der Waals surface area contributed by atoms with Crippen LogP contribution >= 0.6 is 0 Å². The molecular weight excluding hydrogens is 657 g/mol. The van der Waals surface area contributed by atoms with E-state index in [0.717, 1.165) is 61.5 Å². The van der Waals surface area contributed by atoms with Gasteiger partial charge in [-0.15, -0.1) is 0 Å². The summed E-state index contributed by atoms with van der Waals surface area (Å²) in [5.41, 5.74) is 13.6. The first-order chi connectivity index (χ1) is 26.7. The summed E-state index contributed by atoms with van der Waals surface area (Å²) in [6, 6.07) is 71.2. The maximum atomic E-state index is 5.17. The van der Waals surface area contributed by atoms with E-state index < -0.39 is 0 Å². The van der Waals surface area contributed by atoms with Crippen molar-refractivity contribution in [2.24, 2.45) is 0 Å². The molecule has 7 aromatic carbocycles. The van der Waals surface area contributed by atoms with Gasteiger partial charge in [-0.1, -0.05) is 182 Å². The molecule has 4 nitrogen and oxygen atoms in total. The number of pyridine rings is 1. The summed E-state index contributed by atoms with van der Waals surface area (Å²) in [7, 11) is 0. The lowest BCUT2D eigenvalue weighted by Gasteiger charge is -2.13. The van der Waals surface area contributed by atoms with Gasteiger partial charge < -0.3 is 0 Å². The second kappa shape index (κ2) is 14.7. The van der Waals surface area contributed by atoms with Crippen LogP contribution in [0.25, 0.3) is 90.1 Å². The van der Waals surface area contributed by atoms with E-state index in [1.165, 1.54) is 11.1 Å². The van der Waals surface area contributed by atoms with Crippen LogP contribution < -0.4 is 0 Å². The van der Waals surface area contributed by atoms with E-state index >= 15 is 0 Å². The highest BCUT2D eigenvalue weighted by molar-refractivity contribution is 5.81. The minimum atomic E-state index is 0.630. The molecule has 0 saturated heterocycles. The average molecular weight is 691 g/mol. The largest absolute Gasteiger partial charge is 0.248 e. The highest BCUT2D eigenvalue weighted by Gasteiger charge is 2.14. The lowest BCUT2D eigenvalue weighted by Crippen LogP contribution is -2.00. The molecule has 0 amide bonds. The number of nitrogens with zero attached hydrogens (tertiary/aromatic N) is 4. The van der Waals surface area contributed by atoms with Crippen molar-refractivity contribution in [3.63, 3.8) is 0 Å². The van der Waals surface area contributed by atoms with Crippen molar-refractivity contribution in [2.75, 3.05) is 0 Å². The first-order valence-electron chi connectivity index (χ1n) is 18.1. The maximum absolute atomic E-state index is 5.17.